The van der Waals surface area contributed by atoms with Gasteiger partial charge in [0.1, 0.15) is 11.0 Å². The van der Waals surface area contributed by atoms with E-state index in [1.165, 1.54) is 0 Å². The molecule has 0 spiro atoms. The lowest BCUT2D eigenvalue weighted by atomic mass is 10.2. The molecular weight excluding hydrogens is 464 g/mol. The first-order valence-corrected chi connectivity index (χ1v) is 10.7. The minimum absolute atomic E-state index is 0.169. The van der Waals surface area contributed by atoms with Crippen LogP contribution in [-0.2, 0) is 16.0 Å². The summed E-state index contributed by atoms with van der Waals surface area (Å²) in [6.07, 6.45) is -3.80. The Bertz CT molecular complexity index is 1240. The van der Waals surface area contributed by atoms with E-state index < -0.39 is 42.2 Å². The van der Waals surface area contributed by atoms with E-state index in [2.05, 4.69) is 10.4 Å². The number of sulfone groups is 1. The van der Waals surface area contributed by atoms with Crippen LogP contribution in [0.3, 0.4) is 0 Å². The standard InChI is InChI=1S/C18H11Cl2F3N4O2S/c1-30(28,29)16-14(9-24)26-27(11-5-3-2-4-6-11)17(16)25-15-12(19)7-10(8-13(15)20)18(21,22)23/h2-8,25H,1H3. The van der Waals surface area contributed by atoms with E-state index >= 15 is 0 Å². The minimum Gasteiger partial charge on any atom is -0.337 e. The molecule has 30 heavy (non-hydrogen) atoms. The van der Waals surface area contributed by atoms with Crippen LogP contribution in [0.1, 0.15) is 11.3 Å². The second-order valence-electron chi connectivity index (χ2n) is 6.10. The van der Waals surface area contributed by atoms with E-state index in [1.807, 2.05) is 0 Å². The summed E-state index contributed by atoms with van der Waals surface area (Å²) in [6, 6.07) is 11.3. The summed E-state index contributed by atoms with van der Waals surface area (Å²) in [6.45, 7) is 0. The zero-order valence-electron chi connectivity index (χ0n) is 15.0. The summed E-state index contributed by atoms with van der Waals surface area (Å²) in [5.41, 5.74) is -1.24. The molecule has 3 rings (SSSR count). The van der Waals surface area contributed by atoms with E-state index in [0.29, 0.717) is 17.8 Å². The van der Waals surface area contributed by atoms with Crippen molar-refractivity contribution in [2.45, 2.75) is 11.1 Å². The Hall–Kier alpha value is -2.74. The van der Waals surface area contributed by atoms with Crippen LogP contribution in [0.25, 0.3) is 5.69 Å². The second kappa shape index (κ2) is 7.83. The van der Waals surface area contributed by atoms with Gasteiger partial charge < -0.3 is 5.32 Å². The molecular formula is C18H11Cl2F3N4O2S. The van der Waals surface area contributed by atoms with Gasteiger partial charge in [0, 0.05) is 6.26 Å². The number of alkyl halides is 3. The van der Waals surface area contributed by atoms with Crippen LogP contribution in [0, 0.1) is 11.3 Å². The van der Waals surface area contributed by atoms with Gasteiger partial charge in [-0.25, -0.2) is 13.1 Å². The van der Waals surface area contributed by atoms with Gasteiger partial charge in [-0.05, 0) is 24.3 Å². The first-order valence-electron chi connectivity index (χ1n) is 8.05. The highest BCUT2D eigenvalue weighted by Gasteiger charge is 2.33. The summed E-state index contributed by atoms with van der Waals surface area (Å²) in [5.74, 6) is -0.191. The van der Waals surface area contributed by atoms with Gasteiger partial charge in [-0.15, -0.1) is 0 Å². The number of nitrogens with zero attached hydrogens (tertiary/aromatic N) is 3. The topological polar surface area (TPSA) is 87.8 Å². The Morgan fingerprint density at radius 1 is 1.13 bits per heavy atom. The molecule has 0 saturated carbocycles. The van der Waals surface area contributed by atoms with Crippen molar-refractivity contribution in [1.29, 1.82) is 5.26 Å². The average Bonchev–Trinajstić information content (AvgIpc) is 3.03. The van der Waals surface area contributed by atoms with Gasteiger partial charge in [0.05, 0.1) is 27.0 Å². The molecule has 0 unspecified atom stereocenters. The van der Waals surface area contributed by atoms with Crippen molar-refractivity contribution in [1.82, 2.24) is 9.78 Å². The molecule has 3 aromatic rings. The number of para-hydroxylation sites is 1. The summed E-state index contributed by atoms with van der Waals surface area (Å²) < 4.78 is 64.9. The quantitative estimate of drug-likeness (QED) is 0.560. The fourth-order valence-corrected chi connectivity index (χ4v) is 4.18. The molecule has 2 aromatic carbocycles. The Morgan fingerprint density at radius 2 is 1.70 bits per heavy atom. The second-order valence-corrected chi connectivity index (χ2v) is 8.86. The average molecular weight is 475 g/mol. The summed E-state index contributed by atoms with van der Waals surface area (Å²) >= 11 is 12.0. The number of benzene rings is 2. The lowest BCUT2D eigenvalue weighted by molar-refractivity contribution is -0.137. The molecule has 0 aliphatic heterocycles. The van der Waals surface area contributed by atoms with Crippen LogP contribution in [0.4, 0.5) is 24.7 Å². The van der Waals surface area contributed by atoms with Crippen molar-refractivity contribution >= 4 is 44.5 Å². The van der Waals surface area contributed by atoms with Crippen molar-refractivity contribution < 1.29 is 21.6 Å². The number of rotatable bonds is 4. The molecule has 1 N–H and O–H groups in total. The van der Waals surface area contributed by atoms with Gasteiger partial charge in [-0.3, -0.25) is 0 Å². The lowest BCUT2D eigenvalue weighted by Gasteiger charge is -2.16. The molecule has 1 aromatic heterocycles. The highest BCUT2D eigenvalue weighted by atomic mass is 35.5. The molecule has 0 bridgehead atoms. The molecule has 12 heteroatoms. The Kier molecular flexibility index (Phi) is 5.73. The number of nitrogens with one attached hydrogen (secondary N) is 1. The summed E-state index contributed by atoms with van der Waals surface area (Å²) in [4.78, 5) is -0.444. The van der Waals surface area contributed by atoms with Crippen molar-refractivity contribution in [2.24, 2.45) is 0 Å². The van der Waals surface area contributed by atoms with E-state index in [9.17, 15) is 26.9 Å². The fourth-order valence-electron chi connectivity index (χ4n) is 2.67. The first-order chi connectivity index (χ1) is 13.9. The number of hydrogen-bond donors (Lipinski definition) is 1. The fraction of sp³-hybridized carbons (Fsp3) is 0.111. The van der Waals surface area contributed by atoms with Crippen molar-refractivity contribution in [3.63, 3.8) is 0 Å². The van der Waals surface area contributed by atoms with Gasteiger partial charge in [-0.2, -0.15) is 23.5 Å². The number of aromatic nitrogens is 2. The Morgan fingerprint density at radius 3 is 2.17 bits per heavy atom. The van der Waals surface area contributed by atoms with Crippen molar-refractivity contribution in [3.05, 3.63) is 63.8 Å². The minimum atomic E-state index is -4.68. The molecule has 0 aliphatic rings. The molecule has 1 heterocycles. The maximum Gasteiger partial charge on any atom is 0.416 e. The maximum atomic E-state index is 13.0. The molecule has 0 radical (unpaired) electrons. The van der Waals surface area contributed by atoms with Gasteiger partial charge in [0.2, 0.25) is 0 Å². The van der Waals surface area contributed by atoms with Gasteiger partial charge in [-0.1, -0.05) is 41.4 Å². The third-order valence-corrected chi connectivity index (χ3v) is 5.66. The Labute approximate surface area is 179 Å². The third-order valence-electron chi connectivity index (χ3n) is 3.93. The predicted octanol–water partition coefficient (Wildman–Crippen LogP) is 5.22. The van der Waals surface area contributed by atoms with E-state index in [4.69, 9.17) is 23.2 Å². The van der Waals surface area contributed by atoms with Crippen LogP contribution >= 0.6 is 23.2 Å². The summed E-state index contributed by atoms with van der Waals surface area (Å²) in [7, 11) is -3.98. The smallest absolute Gasteiger partial charge is 0.337 e. The van der Waals surface area contributed by atoms with Crippen LogP contribution in [0.15, 0.2) is 47.4 Å². The molecule has 0 aliphatic carbocycles. The first kappa shape index (κ1) is 22.0. The highest BCUT2D eigenvalue weighted by molar-refractivity contribution is 7.91. The van der Waals surface area contributed by atoms with Gasteiger partial charge in [0.25, 0.3) is 0 Å². The maximum absolute atomic E-state index is 13.0. The third kappa shape index (κ3) is 4.23. The number of anilines is 2. The Balaban J connectivity index is 2.26. The summed E-state index contributed by atoms with van der Waals surface area (Å²) in [5, 5.41) is 15.3. The highest BCUT2D eigenvalue weighted by Crippen LogP contribution is 2.41. The molecule has 0 atom stereocenters. The van der Waals surface area contributed by atoms with Gasteiger partial charge >= 0.3 is 6.18 Å². The molecule has 156 valence electrons. The lowest BCUT2D eigenvalue weighted by Crippen LogP contribution is -2.09. The zero-order valence-corrected chi connectivity index (χ0v) is 17.3. The molecule has 6 nitrogen and oxygen atoms in total. The van der Waals surface area contributed by atoms with Crippen LogP contribution in [0.2, 0.25) is 10.0 Å². The molecule has 0 fully saturated rings. The number of nitriles is 1. The van der Waals surface area contributed by atoms with Crippen molar-refractivity contribution in [3.8, 4) is 11.8 Å². The van der Waals surface area contributed by atoms with Crippen LogP contribution in [0.5, 0.6) is 0 Å². The van der Waals surface area contributed by atoms with E-state index in [1.54, 1.807) is 36.4 Å². The van der Waals surface area contributed by atoms with Crippen molar-refractivity contribution in [2.75, 3.05) is 11.6 Å². The zero-order chi connectivity index (χ0) is 22.3. The normalized spacial score (nSPS) is 11.9. The monoisotopic (exact) mass is 474 g/mol. The SMILES string of the molecule is CS(=O)(=O)c1c(C#N)nn(-c2ccccc2)c1Nc1c(Cl)cc(C(F)(F)F)cc1Cl. The largest absolute Gasteiger partial charge is 0.416 e. The van der Waals surface area contributed by atoms with Crippen LogP contribution in [-0.4, -0.2) is 24.5 Å². The number of hydrogen-bond acceptors (Lipinski definition) is 5. The number of halogens is 5. The van der Waals surface area contributed by atoms with E-state index in [0.717, 1.165) is 10.9 Å². The van der Waals surface area contributed by atoms with Gasteiger partial charge in [0.15, 0.2) is 21.3 Å². The predicted molar refractivity (Wildman–Crippen MR) is 106 cm³/mol. The van der Waals surface area contributed by atoms with E-state index in [-0.39, 0.29) is 11.5 Å². The molecule has 0 saturated heterocycles. The van der Waals surface area contributed by atoms with Crippen LogP contribution < -0.4 is 5.32 Å². The molecule has 0 amide bonds.